The van der Waals surface area contributed by atoms with E-state index in [1.165, 1.54) is 0 Å². The average Bonchev–Trinajstić information content (AvgIpc) is 3.31. The quantitative estimate of drug-likeness (QED) is 0.328. The van der Waals surface area contributed by atoms with Gasteiger partial charge >= 0.3 is 5.97 Å². The van der Waals surface area contributed by atoms with Crippen molar-refractivity contribution in [3.05, 3.63) is 35.9 Å². The number of primary amides is 1. The Bertz CT molecular complexity index is 675. The van der Waals surface area contributed by atoms with Gasteiger partial charge in [-0.1, -0.05) is 49.6 Å². The van der Waals surface area contributed by atoms with Crippen molar-refractivity contribution in [3.8, 4) is 0 Å². The fraction of sp³-hybridized carbons (Fsp3) is 0.625. The van der Waals surface area contributed by atoms with Crippen LogP contribution in [0.5, 0.6) is 0 Å². The van der Waals surface area contributed by atoms with Crippen LogP contribution in [-0.2, 0) is 25.7 Å². The molecule has 1 heterocycles. The number of rotatable bonds is 15. The van der Waals surface area contributed by atoms with Crippen molar-refractivity contribution in [1.82, 2.24) is 10.2 Å². The normalized spacial score (nSPS) is 14.4. The van der Waals surface area contributed by atoms with Crippen molar-refractivity contribution in [2.75, 3.05) is 19.6 Å². The van der Waals surface area contributed by atoms with Gasteiger partial charge < -0.3 is 20.7 Å². The summed E-state index contributed by atoms with van der Waals surface area (Å²) in [4.78, 5) is 37.5. The molecule has 1 aromatic carbocycles. The van der Waals surface area contributed by atoms with Gasteiger partial charge in [0.25, 0.3) is 0 Å². The van der Waals surface area contributed by atoms with Gasteiger partial charge in [-0.2, -0.15) is 0 Å². The van der Waals surface area contributed by atoms with E-state index < -0.39 is 0 Å². The van der Waals surface area contributed by atoms with Crippen molar-refractivity contribution < 1.29 is 19.1 Å². The Morgan fingerprint density at radius 3 is 2.35 bits per heavy atom. The SMILES string of the molecule is NC(=O)CC[C@H](NCCCCCCCC(=O)OCc1ccccc1)C(=O)N1CCCC1. The number of hydrogen-bond donors (Lipinski definition) is 2. The number of hydrogen-bond acceptors (Lipinski definition) is 5. The molecule has 2 rings (SSSR count). The van der Waals surface area contributed by atoms with Gasteiger partial charge in [0, 0.05) is 25.9 Å². The monoisotopic (exact) mass is 431 g/mol. The second kappa shape index (κ2) is 14.6. The first-order chi connectivity index (χ1) is 15.1. The molecule has 7 heteroatoms. The largest absolute Gasteiger partial charge is 0.461 e. The molecule has 1 aromatic rings. The Hall–Kier alpha value is -2.41. The van der Waals surface area contributed by atoms with Crippen LogP contribution >= 0.6 is 0 Å². The lowest BCUT2D eigenvalue weighted by Gasteiger charge is -2.24. The average molecular weight is 432 g/mol. The summed E-state index contributed by atoms with van der Waals surface area (Å²) in [5, 5.41) is 3.32. The van der Waals surface area contributed by atoms with Crippen molar-refractivity contribution in [2.45, 2.75) is 76.9 Å². The molecule has 7 nitrogen and oxygen atoms in total. The maximum atomic E-state index is 12.6. The molecule has 1 aliphatic heterocycles. The van der Waals surface area contributed by atoms with Gasteiger partial charge in [0.15, 0.2) is 0 Å². The minimum Gasteiger partial charge on any atom is -0.461 e. The minimum atomic E-state index is -0.372. The molecule has 0 radical (unpaired) electrons. The Labute approximate surface area is 185 Å². The first-order valence-corrected chi connectivity index (χ1v) is 11.6. The fourth-order valence-corrected chi connectivity index (χ4v) is 3.77. The van der Waals surface area contributed by atoms with E-state index in [1.807, 2.05) is 35.2 Å². The number of nitrogens with one attached hydrogen (secondary N) is 1. The van der Waals surface area contributed by atoms with Crippen molar-refractivity contribution in [1.29, 1.82) is 0 Å². The van der Waals surface area contributed by atoms with Crippen LogP contribution in [0.4, 0.5) is 0 Å². The highest BCUT2D eigenvalue weighted by molar-refractivity contribution is 5.83. The van der Waals surface area contributed by atoms with Crippen LogP contribution in [0.1, 0.15) is 69.8 Å². The summed E-state index contributed by atoms with van der Waals surface area (Å²) in [6, 6.07) is 9.36. The molecule has 1 saturated heterocycles. The van der Waals surface area contributed by atoms with Crippen molar-refractivity contribution in [2.24, 2.45) is 5.73 Å². The summed E-state index contributed by atoms with van der Waals surface area (Å²) >= 11 is 0. The lowest BCUT2D eigenvalue weighted by molar-refractivity contribution is -0.145. The highest BCUT2D eigenvalue weighted by atomic mass is 16.5. The smallest absolute Gasteiger partial charge is 0.306 e. The van der Waals surface area contributed by atoms with E-state index in [2.05, 4.69) is 5.32 Å². The van der Waals surface area contributed by atoms with Gasteiger partial charge in [-0.05, 0) is 44.2 Å². The molecular weight excluding hydrogens is 394 g/mol. The van der Waals surface area contributed by atoms with Crippen LogP contribution in [0.2, 0.25) is 0 Å². The number of unbranched alkanes of at least 4 members (excludes halogenated alkanes) is 4. The number of benzene rings is 1. The number of carbonyl (C=O) groups is 3. The second-order valence-corrected chi connectivity index (χ2v) is 8.21. The first-order valence-electron chi connectivity index (χ1n) is 11.6. The van der Waals surface area contributed by atoms with Gasteiger partial charge in [0.1, 0.15) is 6.61 Å². The molecule has 0 aliphatic carbocycles. The van der Waals surface area contributed by atoms with E-state index in [1.54, 1.807) is 0 Å². The summed E-state index contributed by atoms with van der Waals surface area (Å²) in [5.41, 5.74) is 6.26. The highest BCUT2D eigenvalue weighted by Gasteiger charge is 2.26. The second-order valence-electron chi connectivity index (χ2n) is 8.21. The Morgan fingerprint density at radius 1 is 0.968 bits per heavy atom. The third kappa shape index (κ3) is 10.4. The third-order valence-corrected chi connectivity index (χ3v) is 5.59. The van der Waals surface area contributed by atoms with Gasteiger partial charge in [-0.25, -0.2) is 0 Å². The van der Waals surface area contributed by atoms with Crippen LogP contribution in [0.25, 0.3) is 0 Å². The number of likely N-dealkylation sites (tertiary alicyclic amines) is 1. The predicted molar refractivity (Wildman–Crippen MR) is 120 cm³/mol. The Morgan fingerprint density at radius 2 is 1.65 bits per heavy atom. The molecular formula is C24H37N3O4. The Balaban J connectivity index is 1.52. The van der Waals surface area contributed by atoms with Gasteiger partial charge in [0.05, 0.1) is 6.04 Å². The van der Waals surface area contributed by atoms with Gasteiger partial charge in [0.2, 0.25) is 11.8 Å². The molecule has 2 amide bonds. The summed E-state index contributed by atoms with van der Waals surface area (Å²) in [7, 11) is 0. The molecule has 0 bridgehead atoms. The molecule has 3 N–H and O–H groups in total. The van der Waals surface area contributed by atoms with Crippen LogP contribution in [0.3, 0.4) is 0 Å². The number of carbonyl (C=O) groups excluding carboxylic acids is 3. The topological polar surface area (TPSA) is 102 Å². The summed E-state index contributed by atoms with van der Waals surface area (Å²) in [5.74, 6) is -0.431. The lowest BCUT2D eigenvalue weighted by Crippen LogP contribution is -2.46. The zero-order chi connectivity index (χ0) is 22.3. The third-order valence-electron chi connectivity index (χ3n) is 5.59. The number of nitrogens with two attached hydrogens (primary N) is 1. The van der Waals surface area contributed by atoms with Crippen LogP contribution in [-0.4, -0.2) is 48.4 Å². The first kappa shape index (κ1) is 24.9. The van der Waals surface area contributed by atoms with E-state index in [4.69, 9.17) is 10.5 Å². The van der Waals surface area contributed by atoms with Gasteiger partial charge in [-0.3, -0.25) is 14.4 Å². The molecule has 0 saturated carbocycles. The van der Waals surface area contributed by atoms with E-state index in [0.29, 0.717) is 19.4 Å². The minimum absolute atomic E-state index is 0.0905. The van der Waals surface area contributed by atoms with E-state index in [0.717, 1.165) is 70.1 Å². The van der Waals surface area contributed by atoms with Crippen LogP contribution in [0.15, 0.2) is 30.3 Å². The van der Waals surface area contributed by atoms with Gasteiger partial charge in [-0.15, -0.1) is 0 Å². The molecule has 1 fully saturated rings. The molecule has 0 unspecified atom stereocenters. The predicted octanol–water partition coefficient (Wildman–Crippen LogP) is 2.92. The molecule has 172 valence electrons. The molecule has 0 spiro atoms. The van der Waals surface area contributed by atoms with E-state index in [-0.39, 0.29) is 30.2 Å². The number of amides is 2. The van der Waals surface area contributed by atoms with E-state index in [9.17, 15) is 14.4 Å². The molecule has 1 atom stereocenters. The van der Waals surface area contributed by atoms with Crippen molar-refractivity contribution in [3.63, 3.8) is 0 Å². The molecule has 1 aliphatic rings. The summed E-state index contributed by atoms with van der Waals surface area (Å²) in [6.45, 7) is 2.68. The number of nitrogens with zero attached hydrogens (tertiary/aromatic N) is 1. The van der Waals surface area contributed by atoms with E-state index >= 15 is 0 Å². The zero-order valence-electron chi connectivity index (χ0n) is 18.5. The summed E-state index contributed by atoms with van der Waals surface area (Å²) < 4.78 is 5.29. The maximum absolute atomic E-state index is 12.6. The highest BCUT2D eigenvalue weighted by Crippen LogP contribution is 2.12. The van der Waals surface area contributed by atoms with Crippen LogP contribution in [0, 0.1) is 0 Å². The standard InChI is InChI=1S/C24H37N3O4/c25-22(28)15-14-21(24(30)27-17-9-10-18-27)26-16-8-3-1-2-7-13-23(29)31-19-20-11-5-4-6-12-20/h4-6,11-12,21,26H,1-3,7-10,13-19H2,(H2,25,28)/t21-/m0/s1. The van der Waals surface area contributed by atoms with Crippen LogP contribution < -0.4 is 11.1 Å². The number of ether oxygens (including phenoxy) is 1. The molecule has 0 aromatic heterocycles. The molecule has 31 heavy (non-hydrogen) atoms. The van der Waals surface area contributed by atoms with Crippen molar-refractivity contribution >= 4 is 17.8 Å². The summed E-state index contributed by atoms with van der Waals surface area (Å²) in [6.07, 6.45) is 8.07. The zero-order valence-corrected chi connectivity index (χ0v) is 18.5. The lowest BCUT2D eigenvalue weighted by atomic mass is 10.1. The fourth-order valence-electron chi connectivity index (χ4n) is 3.77. The number of esters is 1. The Kier molecular flexibility index (Phi) is 11.7. The maximum Gasteiger partial charge on any atom is 0.306 e.